The Bertz CT molecular complexity index is 868. The van der Waals surface area contributed by atoms with Gasteiger partial charge in [-0.2, -0.15) is 5.10 Å². The molecule has 122 valence electrons. The minimum atomic E-state index is -0.0738. The molecule has 0 aliphatic carbocycles. The van der Waals surface area contributed by atoms with Gasteiger partial charge in [-0.15, -0.1) is 0 Å². The lowest BCUT2D eigenvalue weighted by atomic mass is 9.87. The van der Waals surface area contributed by atoms with Crippen LogP contribution < -0.4 is 10.1 Å². The Morgan fingerprint density at radius 3 is 2.96 bits per heavy atom. The van der Waals surface area contributed by atoms with Crippen molar-refractivity contribution in [2.45, 2.75) is 18.9 Å². The molecule has 0 radical (unpaired) electrons. The van der Waals surface area contributed by atoms with E-state index in [2.05, 4.69) is 10.4 Å². The Kier molecular flexibility index (Phi) is 3.57. The molecule has 0 saturated carbocycles. The molecule has 1 unspecified atom stereocenters. The summed E-state index contributed by atoms with van der Waals surface area (Å²) in [6.45, 7) is 0.473. The third-order valence-corrected chi connectivity index (χ3v) is 4.29. The molecular formula is C18H17N3O3. The van der Waals surface area contributed by atoms with Crippen molar-refractivity contribution in [3.05, 3.63) is 65.7 Å². The van der Waals surface area contributed by atoms with Gasteiger partial charge < -0.3 is 14.5 Å². The number of aromatic nitrogens is 2. The van der Waals surface area contributed by atoms with Gasteiger partial charge in [0.05, 0.1) is 19.6 Å². The number of anilines is 1. The number of nitrogens with one attached hydrogen (secondary N) is 1. The fourth-order valence-corrected chi connectivity index (χ4v) is 3.17. The molecule has 3 aromatic rings. The minimum absolute atomic E-state index is 0.0281. The maximum absolute atomic E-state index is 12.2. The summed E-state index contributed by atoms with van der Waals surface area (Å²) in [5.74, 6) is 2.19. The lowest BCUT2D eigenvalue weighted by Crippen LogP contribution is -2.25. The normalized spacial score (nSPS) is 16.5. The van der Waals surface area contributed by atoms with Gasteiger partial charge in [0.15, 0.2) is 0 Å². The summed E-state index contributed by atoms with van der Waals surface area (Å²) in [7, 11) is 1.64. The van der Waals surface area contributed by atoms with Crippen molar-refractivity contribution in [2.24, 2.45) is 0 Å². The van der Waals surface area contributed by atoms with Gasteiger partial charge in [-0.1, -0.05) is 18.2 Å². The molecule has 0 spiro atoms. The molecule has 1 aliphatic heterocycles. The molecule has 0 saturated heterocycles. The highest BCUT2D eigenvalue weighted by molar-refractivity contribution is 5.94. The summed E-state index contributed by atoms with van der Waals surface area (Å²) in [6.07, 6.45) is 3.82. The molecule has 3 heterocycles. The lowest BCUT2D eigenvalue weighted by Gasteiger charge is -2.25. The smallest absolute Gasteiger partial charge is 0.226 e. The van der Waals surface area contributed by atoms with Crippen molar-refractivity contribution >= 4 is 11.7 Å². The van der Waals surface area contributed by atoms with Gasteiger partial charge in [0.1, 0.15) is 23.9 Å². The minimum Gasteiger partial charge on any atom is -0.496 e. The summed E-state index contributed by atoms with van der Waals surface area (Å²) in [5.41, 5.74) is 1.99. The molecule has 1 atom stereocenters. The van der Waals surface area contributed by atoms with E-state index < -0.39 is 0 Å². The highest BCUT2D eigenvalue weighted by atomic mass is 16.5. The number of carbonyl (C=O) groups excluding carboxylic acids is 1. The number of rotatable bonds is 4. The van der Waals surface area contributed by atoms with Crippen LogP contribution in [0, 0.1) is 0 Å². The summed E-state index contributed by atoms with van der Waals surface area (Å²) in [6, 6.07) is 11.5. The van der Waals surface area contributed by atoms with Crippen LogP contribution in [-0.4, -0.2) is 22.8 Å². The summed E-state index contributed by atoms with van der Waals surface area (Å²) in [4.78, 5) is 12.2. The molecule has 6 heteroatoms. The maximum atomic E-state index is 12.2. The largest absolute Gasteiger partial charge is 0.496 e. The zero-order valence-electron chi connectivity index (χ0n) is 13.2. The van der Waals surface area contributed by atoms with Gasteiger partial charge in [-0.05, 0) is 18.2 Å². The predicted molar refractivity (Wildman–Crippen MR) is 88.1 cm³/mol. The topological polar surface area (TPSA) is 69.3 Å². The molecule has 1 aromatic carbocycles. The van der Waals surface area contributed by atoms with Gasteiger partial charge in [0, 0.05) is 23.5 Å². The summed E-state index contributed by atoms with van der Waals surface area (Å²) >= 11 is 0. The Morgan fingerprint density at radius 2 is 2.17 bits per heavy atom. The van der Waals surface area contributed by atoms with Crippen LogP contribution in [-0.2, 0) is 11.3 Å². The van der Waals surface area contributed by atoms with Crippen molar-refractivity contribution in [2.75, 3.05) is 12.4 Å². The quantitative estimate of drug-likeness (QED) is 0.801. The zero-order chi connectivity index (χ0) is 16.5. The Morgan fingerprint density at radius 1 is 1.29 bits per heavy atom. The third kappa shape index (κ3) is 2.46. The molecule has 6 nitrogen and oxygen atoms in total. The van der Waals surface area contributed by atoms with Crippen LogP contribution in [0.25, 0.3) is 0 Å². The molecular weight excluding hydrogens is 306 g/mol. The Balaban J connectivity index is 1.75. The van der Waals surface area contributed by atoms with Crippen molar-refractivity contribution < 1.29 is 13.9 Å². The second-order valence-corrected chi connectivity index (χ2v) is 5.73. The highest BCUT2D eigenvalue weighted by Crippen LogP contribution is 2.40. The first-order valence-electron chi connectivity index (χ1n) is 7.77. The van der Waals surface area contributed by atoms with Crippen LogP contribution in [0.1, 0.15) is 29.2 Å². The van der Waals surface area contributed by atoms with E-state index in [1.54, 1.807) is 18.1 Å². The Hall–Kier alpha value is -3.02. The monoisotopic (exact) mass is 323 g/mol. The number of furan rings is 1. The first-order valence-corrected chi connectivity index (χ1v) is 7.77. The van der Waals surface area contributed by atoms with Crippen LogP contribution >= 0.6 is 0 Å². The fraction of sp³-hybridized carbons (Fsp3) is 0.222. The SMILES string of the molecule is COc1ccccc1C1CC(=O)Nc2c1cnn2Cc1ccco1. The van der Waals surface area contributed by atoms with Crippen molar-refractivity contribution in [3.8, 4) is 5.75 Å². The van der Waals surface area contributed by atoms with Crippen molar-refractivity contribution in [3.63, 3.8) is 0 Å². The van der Waals surface area contributed by atoms with E-state index >= 15 is 0 Å². The molecule has 0 bridgehead atoms. The number of ether oxygens (including phenoxy) is 1. The van der Waals surface area contributed by atoms with E-state index in [1.165, 1.54) is 0 Å². The molecule has 0 fully saturated rings. The number of nitrogens with zero attached hydrogens (tertiary/aromatic N) is 2. The number of fused-ring (bicyclic) bond motifs is 1. The number of amides is 1. The van der Waals surface area contributed by atoms with Crippen LogP contribution in [0.2, 0.25) is 0 Å². The van der Waals surface area contributed by atoms with Gasteiger partial charge in [-0.3, -0.25) is 4.79 Å². The second-order valence-electron chi connectivity index (χ2n) is 5.73. The van der Waals surface area contributed by atoms with Gasteiger partial charge in [0.2, 0.25) is 5.91 Å². The van der Waals surface area contributed by atoms with Crippen LogP contribution in [0.4, 0.5) is 5.82 Å². The van der Waals surface area contributed by atoms with Gasteiger partial charge in [-0.25, -0.2) is 4.68 Å². The average molecular weight is 323 g/mol. The average Bonchev–Trinajstić information content (AvgIpc) is 3.25. The van der Waals surface area contributed by atoms with Crippen LogP contribution in [0.3, 0.4) is 0 Å². The molecule has 1 amide bonds. The summed E-state index contributed by atoms with van der Waals surface area (Å²) in [5, 5.41) is 7.38. The lowest BCUT2D eigenvalue weighted by molar-refractivity contribution is -0.116. The number of carbonyl (C=O) groups is 1. The first kappa shape index (κ1) is 14.6. The van der Waals surface area contributed by atoms with Crippen LogP contribution in [0.15, 0.2) is 53.3 Å². The van der Waals surface area contributed by atoms with Gasteiger partial charge >= 0.3 is 0 Å². The van der Waals surface area contributed by atoms with E-state index in [0.29, 0.717) is 13.0 Å². The van der Waals surface area contributed by atoms with E-state index in [9.17, 15) is 4.79 Å². The first-order chi connectivity index (χ1) is 11.8. The third-order valence-electron chi connectivity index (χ3n) is 4.29. The van der Waals surface area contributed by atoms with E-state index in [0.717, 1.165) is 28.5 Å². The number of para-hydroxylation sites is 1. The van der Waals surface area contributed by atoms with Crippen molar-refractivity contribution in [1.29, 1.82) is 0 Å². The fourth-order valence-electron chi connectivity index (χ4n) is 3.17. The van der Waals surface area contributed by atoms with E-state index in [4.69, 9.17) is 9.15 Å². The molecule has 1 N–H and O–H groups in total. The van der Waals surface area contributed by atoms with E-state index in [-0.39, 0.29) is 11.8 Å². The predicted octanol–water partition coefficient (Wildman–Crippen LogP) is 3.01. The van der Waals surface area contributed by atoms with Gasteiger partial charge in [0.25, 0.3) is 0 Å². The number of hydrogen-bond acceptors (Lipinski definition) is 4. The maximum Gasteiger partial charge on any atom is 0.226 e. The van der Waals surface area contributed by atoms with E-state index in [1.807, 2.05) is 42.6 Å². The number of hydrogen-bond donors (Lipinski definition) is 1. The number of benzene rings is 1. The molecule has 24 heavy (non-hydrogen) atoms. The molecule has 2 aromatic heterocycles. The number of methoxy groups -OCH3 is 1. The molecule has 4 rings (SSSR count). The highest BCUT2D eigenvalue weighted by Gasteiger charge is 2.31. The van der Waals surface area contributed by atoms with Crippen LogP contribution in [0.5, 0.6) is 5.75 Å². The van der Waals surface area contributed by atoms with Crippen molar-refractivity contribution in [1.82, 2.24) is 9.78 Å². The second kappa shape index (κ2) is 5.88. The summed E-state index contributed by atoms with van der Waals surface area (Å²) < 4.78 is 12.6. The zero-order valence-corrected chi connectivity index (χ0v) is 13.2. The molecule has 1 aliphatic rings. The standard InChI is InChI=1S/C18H17N3O3/c1-23-16-7-3-2-6-13(16)14-9-17(22)20-18-15(14)10-19-21(18)11-12-5-4-8-24-12/h2-8,10,14H,9,11H2,1H3,(H,20,22). The Labute approximate surface area is 139 Å².